The lowest BCUT2D eigenvalue weighted by Gasteiger charge is -2.36. The first-order valence-electron chi connectivity index (χ1n) is 10.7. The number of methoxy groups -OCH3 is 1. The van der Waals surface area contributed by atoms with Gasteiger partial charge < -0.3 is 30.1 Å². The van der Waals surface area contributed by atoms with Crippen LogP contribution in [0.2, 0.25) is 0 Å². The van der Waals surface area contributed by atoms with E-state index >= 15 is 0 Å². The molecule has 3 fully saturated rings. The molecule has 3 N–H and O–H groups in total. The second kappa shape index (κ2) is 8.64. The number of rotatable bonds is 7. The topological polar surface area (TPSA) is 117 Å². The van der Waals surface area contributed by atoms with Crippen molar-refractivity contribution in [1.82, 2.24) is 10.2 Å². The summed E-state index contributed by atoms with van der Waals surface area (Å²) in [5.41, 5.74) is -0.599. The first kappa shape index (κ1) is 23.0. The third-order valence-corrected chi connectivity index (χ3v) is 7.80. The highest BCUT2D eigenvalue weighted by atomic mass is 79.9. The van der Waals surface area contributed by atoms with Gasteiger partial charge in [-0.15, -0.1) is 0 Å². The number of hydrogen-bond acceptors (Lipinski definition) is 6. The Balaban J connectivity index is 1.74. The van der Waals surface area contributed by atoms with E-state index in [0.717, 1.165) is 0 Å². The monoisotopic (exact) mass is 509 g/mol. The molecule has 0 aliphatic carbocycles. The average Bonchev–Trinajstić information content (AvgIpc) is 3.38. The second-order valence-corrected chi connectivity index (χ2v) is 9.66. The normalized spacial score (nSPS) is 33.7. The Labute approximate surface area is 194 Å². The number of anilines is 1. The SMILES string of the molecule is CC[C@@H](CO)N1C(=O)[C@@H]2[C@@H](C(=O)NC)[C@@H]3OC2(CC3Br)C1C(=O)Nc1ccc(OC)cc1. The van der Waals surface area contributed by atoms with E-state index < -0.39 is 41.5 Å². The van der Waals surface area contributed by atoms with Crippen molar-refractivity contribution in [3.63, 3.8) is 0 Å². The number of nitrogens with zero attached hydrogens (tertiary/aromatic N) is 1. The number of ether oxygens (including phenoxy) is 2. The van der Waals surface area contributed by atoms with E-state index in [1.807, 2.05) is 6.92 Å². The molecule has 2 bridgehead atoms. The quantitative estimate of drug-likeness (QED) is 0.470. The zero-order valence-corrected chi connectivity index (χ0v) is 19.8. The fourth-order valence-corrected chi connectivity index (χ4v) is 6.47. The number of aliphatic hydroxyl groups excluding tert-OH is 1. The number of fused-ring (bicyclic) bond motifs is 1. The van der Waals surface area contributed by atoms with E-state index in [2.05, 4.69) is 26.6 Å². The fourth-order valence-electron chi connectivity index (χ4n) is 5.53. The van der Waals surface area contributed by atoms with Gasteiger partial charge in [0.15, 0.2) is 0 Å². The summed E-state index contributed by atoms with van der Waals surface area (Å²) in [6, 6.07) is 5.35. The molecule has 4 rings (SSSR count). The molecule has 10 heteroatoms. The van der Waals surface area contributed by atoms with Gasteiger partial charge in [0.05, 0.1) is 37.7 Å². The van der Waals surface area contributed by atoms with Crippen LogP contribution < -0.4 is 15.4 Å². The summed E-state index contributed by atoms with van der Waals surface area (Å²) in [7, 11) is 3.08. The Hall–Kier alpha value is -2.17. The molecule has 0 aromatic heterocycles. The predicted molar refractivity (Wildman–Crippen MR) is 119 cm³/mol. The number of alkyl halides is 1. The van der Waals surface area contributed by atoms with E-state index in [4.69, 9.17) is 9.47 Å². The lowest BCUT2D eigenvalue weighted by Crippen LogP contribution is -2.56. The summed E-state index contributed by atoms with van der Waals surface area (Å²) in [5, 5.41) is 15.5. The maximum Gasteiger partial charge on any atom is 0.250 e. The van der Waals surface area contributed by atoms with Gasteiger partial charge in [-0.1, -0.05) is 22.9 Å². The van der Waals surface area contributed by atoms with Crippen molar-refractivity contribution >= 4 is 39.3 Å². The van der Waals surface area contributed by atoms with Crippen LogP contribution in [0.4, 0.5) is 5.69 Å². The molecule has 32 heavy (non-hydrogen) atoms. The second-order valence-electron chi connectivity index (χ2n) is 8.49. The Bertz CT molecular complexity index is 907. The van der Waals surface area contributed by atoms with Crippen molar-refractivity contribution in [2.75, 3.05) is 26.1 Å². The van der Waals surface area contributed by atoms with Crippen LogP contribution in [0.15, 0.2) is 24.3 Å². The Kier molecular flexibility index (Phi) is 6.21. The minimum absolute atomic E-state index is 0.167. The fraction of sp³-hybridized carbons (Fsp3) is 0.591. The molecule has 3 aliphatic rings. The van der Waals surface area contributed by atoms with Crippen LogP contribution in [0.25, 0.3) is 0 Å². The predicted octanol–water partition coefficient (Wildman–Crippen LogP) is 0.899. The number of halogens is 1. The Morgan fingerprint density at radius 2 is 2.03 bits per heavy atom. The Morgan fingerprint density at radius 1 is 1.34 bits per heavy atom. The summed E-state index contributed by atoms with van der Waals surface area (Å²) >= 11 is 3.61. The molecule has 7 atom stereocenters. The molecule has 3 heterocycles. The summed E-state index contributed by atoms with van der Waals surface area (Å²) in [5.74, 6) is -1.85. The van der Waals surface area contributed by atoms with Crippen LogP contribution in [-0.2, 0) is 19.1 Å². The molecule has 0 radical (unpaired) electrons. The first-order chi connectivity index (χ1) is 15.3. The van der Waals surface area contributed by atoms with Gasteiger partial charge in [0.2, 0.25) is 17.7 Å². The molecular weight excluding hydrogens is 482 g/mol. The minimum atomic E-state index is -1.15. The molecule has 9 nitrogen and oxygen atoms in total. The highest BCUT2D eigenvalue weighted by Gasteiger charge is 2.76. The van der Waals surface area contributed by atoms with Crippen molar-refractivity contribution in [2.24, 2.45) is 11.8 Å². The van der Waals surface area contributed by atoms with Gasteiger partial charge in [-0.3, -0.25) is 14.4 Å². The van der Waals surface area contributed by atoms with Crippen molar-refractivity contribution in [3.8, 4) is 5.75 Å². The van der Waals surface area contributed by atoms with Crippen LogP contribution in [0.1, 0.15) is 19.8 Å². The maximum absolute atomic E-state index is 13.7. The highest BCUT2D eigenvalue weighted by molar-refractivity contribution is 9.09. The maximum atomic E-state index is 13.7. The van der Waals surface area contributed by atoms with Gasteiger partial charge in [-0.05, 0) is 37.1 Å². The molecule has 0 saturated carbocycles. The average molecular weight is 510 g/mol. The van der Waals surface area contributed by atoms with Crippen molar-refractivity contribution in [1.29, 1.82) is 0 Å². The molecule has 174 valence electrons. The molecule has 1 aromatic carbocycles. The van der Waals surface area contributed by atoms with Crippen LogP contribution >= 0.6 is 15.9 Å². The molecule has 3 saturated heterocycles. The van der Waals surface area contributed by atoms with E-state index in [1.165, 1.54) is 11.9 Å². The van der Waals surface area contributed by atoms with Crippen LogP contribution in [0.5, 0.6) is 5.75 Å². The van der Waals surface area contributed by atoms with E-state index in [-0.39, 0.29) is 23.2 Å². The number of carbonyl (C=O) groups excluding carboxylic acids is 3. The highest BCUT2D eigenvalue weighted by Crippen LogP contribution is 2.60. The summed E-state index contributed by atoms with van der Waals surface area (Å²) < 4.78 is 11.5. The number of benzene rings is 1. The molecule has 1 spiro atoms. The Morgan fingerprint density at radius 3 is 2.59 bits per heavy atom. The number of likely N-dealkylation sites (tertiary alicyclic amines) is 1. The van der Waals surface area contributed by atoms with Crippen LogP contribution in [0, 0.1) is 11.8 Å². The smallest absolute Gasteiger partial charge is 0.250 e. The number of aliphatic hydroxyl groups is 1. The van der Waals surface area contributed by atoms with Crippen LogP contribution in [-0.4, -0.2) is 77.1 Å². The summed E-state index contributed by atoms with van der Waals surface area (Å²) in [4.78, 5) is 41.3. The van der Waals surface area contributed by atoms with E-state index in [1.54, 1.807) is 31.4 Å². The molecule has 3 amide bonds. The van der Waals surface area contributed by atoms with Gasteiger partial charge in [0.25, 0.3) is 0 Å². The van der Waals surface area contributed by atoms with Gasteiger partial charge in [0, 0.05) is 17.6 Å². The third-order valence-electron chi connectivity index (χ3n) is 6.96. The standard InChI is InChI=1S/C22H28BrN3O6/c1-4-12(10-27)26-18(20(29)25-11-5-7-13(31-3)8-6-11)22-9-14(23)17(32-22)15(19(28)24-2)16(22)21(26)30/h5-8,12,14-18,27H,4,9-10H2,1-3H3,(H,24,28)(H,25,29)/t12-,14?,15+,16-,17+,18?,22?/m0/s1. The van der Waals surface area contributed by atoms with E-state index in [0.29, 0.717) is 24.3 Å². The van der Waals surface area contributed by atoms with Gasteiger partial charge in [0.1, 0.15) is 17.4 Å². The van der Waals surface area contributed by atoms with Crippen molar-refractivity contribution in [2.45, 2.75) is 48.4 Å². The minimum Gasteiger partial charge on any atom is -0.497 e. The summed E-state index contributed by atoms with van der Waals surface area (Å²) in [6.07, 6.45) is 0.376. The number of amides is 3. The van der Waals surface area contributed by atoms with E-state index in [9.17, 15) is 19.5 Å². The lowest BCUT2D eigenvalue weighted by molar-refractivity contribution is -0.144. The zero-order valence-electron chi connectivity index (χ0n) is 18.2. The molecule has 3 unspecified atom stereocenters. The van der Waals surface area contributed by atoms with Gasteiger partial charge >= 0.3 is 0 Å². The molecule has 3 aliphatic heterocycles. The molecule has 1 aromatic rings. The van der Waals surface area contributed by atoms with Gasteiger partial charge in [-0.25, -0.2) is 0 Å². The molecular formula is C22H28BrN3O6. The summed E-state index contributed by atoms with van der Waals surface area (Å²) in [6.45, 7) is 1.56. The van der Waals surface area contributed by atoms with Gasteiger partial charge in [-0.2, -0.15) is 0 Å². The number of carbonyl (C=O) groups is 3. The first-order valence-corrected chi connectivity index (χ1v) is 11.7. The third kappa shape index (κ3) is 3.31. The number of hydrogen-bond donors (Lipinski definition) is 3. The number of nitrogens with one attached hydrogen (secondary N) is 2. The van der Waals surface area contributed by atoms with Crippen molar-refractivity contribution < 1.29 is 29.0 Å². The van der Waals surface area contributed by atoms with Crippen LogP contribution in [0.3, 0.4) is 0 Å². The largest absolute Gasteiger partial charge is 0.497 e. The zero-order chi connectivity index (χ0) is 23.2. The lowest BCUT2D eigenvalue weighted by atomic mass is 9.70. The van der Waals surface area contributed by atoms with Crippen molar-refractivity contribution in [3.05, 3.63) is 24.3 Å².